The number of nitrogens with zero attached hydrogens (tertiary/aromatic N) is 1. The molecule has 17 heavy (non-hydrogen) atoms. The minimum absolute atomic E-state index is 0.0858. The summed E-state index contributed by atoms with van der Waals surface area (Å²) in [6, 6.07) is 6.51. The van der Waals surface area contributed by atoms with Crippen LogP contribution in [0.25, 0.3) is 0 Å². The minimum atomic E-state index is 0.0858. The third-order valence-electron chi connectivity index (χ3n) is 3.35. The van der Waals surface area contributed by atoms with E-state index in [2.05, 4.69) is 10.2 Å². The molecular weight excluding hydrogens is 216 g/mol. The Bertz CT molecular complexity index is 455. The Labute approximate surface area is 101 Å². The molecule has 1 aliphatic heterocycles. The van der Waals surface area contributed by atoms with Gasteiger partial charge in [-0.3, -0.25) is 4.79 Å². The van der Waals surface area contributed by atoms with Crippen LogP contribution in [0.5, 0.6) is 5.75 Å². The number of ether oxygens (including phenoxy) is 1. The van der Waals surface area contributed by atoms with Gasteiger partial charge in [0.1, 0.15) is 5.75 Å². The van der Waals surface area contributed by atoms with Crippen LogP contribution >= 0.6 is 0 Å². The molecule has 1 aromatic carbocycles. The molecule has 0 spiro atoms. The number of rotatable bonds is 2. The third kappa shape index (κ3) is 1.95. The van der Waals surface area contributed by atoms with E-state index in [-0.39, 0.29) is 5.91 Å². The lowest BCUT2D eigenvalue weighted by molar-refractivity contribution is -0.115. The van der Waals surface area contributed by atoms with E-state index in [1.807, 2.05) is 18.2 Å². The van der Waals surface area contributed by atoms with Crippen LogP contribution in [-0.2, 0) is 4.79 Å². The molecule has 0 bridgehead atoms. The molecule has 90 valence electrons. The number of nitrogens with one attached hydrogen (secondary N) is 1. The second-order valence-electron chi connectivity index (χ2n) is 4.61. The molecule has 1 saturated carbocycles. The Morgan fingerprint density at radius 1 is 1.41 bits per heavy atom. The SMILES string of the molecule is COc1ccc2c(c1)NC(=O)CCN2C1CC1. The van der Waals surface area contributed by atoms with Crippen molar-refractivity contribution in [3.8, 4) is 5.75 Å². The Morgan fingerprint density at radius 3 is 2.94 bits per heavy atom. The van der Waals surface area contributed by atoms with Gasteiger partial charge in [0.05, 0.1) is 18.5 Å². The van der Waals surface area contributed by atoms with Gasteiger partial charge in [0.15, 0.2) is 0 Å². The number of benzene rings is 1. The van der Waals surface area contributed by atoms with Crippen LogP contribution in [-0.4, -0.2) is 25.6 Å². The van der Waals surface area contributed by atoms with Crippen molar-refractivity contribution in [2.24, 2.45) is 0 Å². The van der Waals surface area contributed by atoms with Gasteiger partial charge in [-0.15, -0.1) is 0 Å². The molecule has 1 aliphatic carbocycles. The maximum Gasteiger partial charge on any atom is 0.226 e. The van der Waals surface area contributed by atoms with Crippen LogP contribution < -0.4 is 15.0 Å². The fraction of sp³-hybridized carbons (Fsp3) is 0.462. The first kappa shape index (κ1) is 10.4. The summed E-state index contributed by atoms with van der Waals surface area (Å²) in [6.07, 6.45) is 3.03. The van der Waals surface area contributed by atoms with Crippen molar-refractivity contribution >= 4 is 17.3 Å². The molecule has 0 atom stereocenters. The largest absolute Gasteiger partial charge is 0.497 e. The van der Waals surface area contributed by atoms with E-state index in [9.17, 15) is 4.79 Å². The van der Waals surface area contributed by atoms with Gasteiger partial charge in [0, 0.05) is 25.1 Å². The van der Waals surface area contributed by atoms with Crippen molar-refractivity contribution in [3.63, 3.8) is 0 Å². The zero-order chi connectivity index (χ0) is 11.8. The summed E-state index contributed by atoms with van der Waals surface area (Å²) in [5.41, 5.74) is 2.00. The zero-order valence-electron chi connectivity index (χ0n) is 9.90. The van der Waals surface area contributed by atoms with Gasteiger partial charge in [-0.05, 0) is 25.0 Å². The van der Waals surface area contributed by atoms with E-state index in [1.54, 1.807) is 7.11 Å². The monoisotopic (exact) mass is 232 g/mol. The fourth-order valence-electron chi connectivity index (χ4n) is 2.31. The highest BCUT2D eigenvalue weighted by Gasteiger charge is 2.32. The Balaban J connectivity index is 2.01. The van der Waals surface area contributed by atoms with E-state index in [0.717, 1.165) is 23.7 Å². The van der Waals surface area contributed by atoms with Crippen LogP contribution in [0.2, 0.25) is 0 Å². The smallest absolute Gasteiger partial charge is 0.226 e. The molecule has 3 rings (SSSR count). The number of methoxy groups -OCH3 is 1. The Morgan fingerprint density at radius 2 is 2.24 bits per heavy atom. The lowest BCUT2D eigenvalue weighted by Crippen LogP contribution is -2.26. The first-order valence-electron chi connectivity index (χ1n) is 6.02. The molecule has 1 amide bonds. The summed E-state index contributed by atoms with van der Waals surface area (Å²) in [5, 5.41) is 2.95. The second kappa shape index (κ2) is 3.95. The Hall–Kier alpha value is -1.71. The average Bonchev–Trinajstić information content (AvgIpc) is 3.14. The molecule has 1 N–H and O–H groups in total. The molecule has 0 radical (unpaired) electrons. The normalized spacial score (nSPS) is 19.4. The number of anilines is 2. The van der Waals surface area contributed by atoms with Gasteiger partial charge >= 0.3 is 0 Å². The molecule has 4 nitrogen and oxygen atoms in total. The molecule has 4 heteroatoms. The number of hydrogen-bond donors (Lipinski definition) is 1. The van der Waals surface area contributed by atoms with Gasteiger partial charge in [-0.2, -0.15) is 0 Å². The van der Waals surface area contributed by atoms with E-state index >= 15 is 0 Å². The third-order valence-corrected chi connectivity index (χ3v) is 3.35. The van der Waals surface area contributed by atoms with Crippen molar-refractivity contribution in [3.05, 3.63) is 18.2 Å². The van der Waals surface area contributed by atoms with Gasteiger partial charge in [0.25, 0.3) is 0 Å². The summed E-state index contributed by atoms with van der Waals surface area (Å²) in [6.45, 7) is 0.815. The van der Waals surface area contributed by atoms with Crippen LogP contribution in [0.4, 0.5) is 11.4 Å². The first-order valence-corrected chi connectivity index (χ1v) is 6.02. The van der Waals surface area contributed by atoms with Crippen LogP contribution in [0.15, 0.2) is 18.2 Å². The van der Waals surface area contributed by atoms with Crippen molar-refractivity contribution in [2.75, 3.05) is 23.9 Å². The molecule has 2 aliphatic rings. The number of fused-ring (bicyclic) bond motifs is 1. The van der Waals surface area contributed by atoms with Gasteiger partial charge < -0.3 is 15.0 Å². The maximum absolute atomic E-state index is 11.7. The van der Waals surface area contributed by atoms with E-state index < -0.39 is 0 Å². The molecule has 1 fully saturated rings. The van der Waals surface area contributed by atoms with Crippen molar-refractivity contribution in [1.82, 2.24) is 0 Å². The molecule has 0 unspecified atom stereocenters. The summed E-state index contributed by atoms with van der Waals surface area (Å²) in [5.74, 6) is 0.865. The zero-order valence-corrected chi connectivity index (χ0v) is 9.90. The molecule has 1 heterocycles. The summed E-state index contributed by atoms with van der Waals surface area (Å²) >= 11 is 0. The Kier molecular flexibility index (Phi) is 2.42. The van der Waals surface area contributed by atoms with Gasteiger partial charge in [-0.1, -0.05) is 0 Å². The second-order valence-corrected chi connectivity index (χ2v) is 4.61. The quantitative estimate of drug-likeness (QED) is 0.848. The van der Waals surface area contributed by atoms with E-state index in [4.69, 9.17) is 4.74 Å². The van der Waals surface area contributed by atoms with Crippen molar-refractivity contribution in [1.29, 1.82) is 0 Å². The number of carbonyl (C=O) groups excluding carboxylic acids is 1. The van der Waals surface area contributed by atoms with E-state index in [0.29, 0.717) is 12.5 Å². The molecular formula is C13H16N2O2. The summed E-state index contributed by atoms with van der Waals surface area (Å²) in [7, 11) is 1.64. The van der Waals surface area contributed by atoms with Crippen LogP contribution in [0, 0.1) is 0 Å². The molecule has 1 aromatic rings. The predicted octanol–water partition coefficient (Wildman–Crippen LogP) is 2.01. The highest BCUT2D eigenvalue weighted by Crippen LogP contribution is 2.39. The average molecular weight is 232 g/mol. The molecule has 0 saturated heterocycles. The van der Waals surface area contributed by atoms with Crippen molar-refractivity contribution < 1.29 is 9.53 Å². The lowest BCUT2D eigenvalue weighted by Gasteiger charge is -2.24. The standard InChI is InChI=1S/C13H16N2O2/c1-17-10-4-5-12-11(8-10)14-13(16)6-7-15(12)9-2-3-9/h4-5,8-9H,2-3,6-7H2,1H3,(H,14,16). The van der Waals surface area contributed by atoms with Crippen LogP contribution in [0.1, 0.15) is 19.3 Å². The number of amides is 1. The maximum atomic E-state index is 11.7. The van der Waals surface area contributed by atoms with Gasteiger partial charge in [-0.25, -0.2) is 0 Å². The summed E-state index contributed by atoms with van der Waals surface area (Å²) in [4.78, 5) is 14.0. The molecule has 0 aromatic heterocycles. The fourth-order valence-corrected chi connectivity index (χ4v) is 2.31. The van der Waals surface area contributed by atoms with Crippen molar-refractivity contribution in [2.45, 2.75) is 25.3 Å². The number of hydrogen-bond acceptors (Lipinski definition) is 3. The number of carbonyl (C=O) groups is 1. The highest BCUT2D eigenvalue weighted by atomic mass is 16.5. The summed E-state index contributed by atoms with van der Waals surface area (Å²) < 4.78 is 5.20. The topological polar surface area (TPSA) is 41.6 Å². The van der Waals surface area contributed by atoms with E-state index in [1.165, 1.54) is 12.8 Å². The van der Waals surface area contributed by atoms with Crippen LogP contribution in [0.3, 0.4) is 0 Å². The van der Waals surface area contributed by atoms with Gasteiger partial charge in [0.2, 0.25) is 5.91 Å². The lowest BCUT2D eigenvalue weighted by atomic mass is 10.2. The minimum Gasteiger partial charge on any atom is -0.497 e. The predicted molar refractivity (Wildman–Crippen MR) is 66.6 cm³/mol. The highest BCUT2D eigenvalue weighted by molar-refractivity contribution is 5.96. The first-order chi connectivity index (χ1) is 8.28.